The smallest absolute Gasteiger partial charge is 0.245 e. The number of halogens is 1. The summed E-state index contributed by atoms with van der Waals surface area (Å²) < 4.78 is 26.8. The Bertz CT molecular complexity index is 581. The van der Waals surface area contributed by atoms with Crippen LogP contribution in [0.4, 0.5) is 5.69 Å². The second-order valence-electron chi connectivity index (χ2n) is 5.62. The van der Waals surface area contributed by atoms with E-state index < -0.39 is 10.0 Å². The molecular formula is C14H21ClN2O2S. The van der Waals surface area contributed by atoms with Crippen LogP contribution in [0.1, 0.15) is 32.6 Å². The van der Waals surface area contributed by atoms with Crippen molar-refractivity contribution in [3.8, 4) is 0 Å². The first-order valence-corrected chi connectivity index (χ1v) is 8.67. The number of anilines is 1. The molecule has 2 N–H and O–H groups in total. The summed E-state index contributed by atoms with van der Waals surface area (Å²) >= 11 is 5.82. The van der Waals surface area contributed by atoms with Crippen LogP contribution in [-0.2, 0) is 10.0 Å². The van der Waals surface area contributed by atoms with Crippen molar-refractivity contribution in [2.24, 2.45) is 5.92 Å². The number of sulfonamides is 1. The maximum atomic E-state index is 12.6. The Morgan fingerprint density at radius 1 is 1.25 bits per heavy atom. The molecule has 112 valence electrons. The molecule has 20 heavy (non-hydrogen) atoms. The summed E-state index contributed by atoms with van der Waals surface area (Å²) in [5.74, 6) is 0.683. The molecule has 4 nitrogen and oxygen atoms in total. The van der Waals surface area contributed by atoms with Gasteiger partial charge in [0.05, 0.1) is 5.69 Å². The Balaban J connectivity index is 2.25. The van der Waals surface area contributed by atoms with Crippen LogP contribution in [0.15, 0.2) is 23.1 Å². The third-order valence-corrected chi connectivity index (χ3v) is 6.35. The topological polar surface area (TPSA) is 63.4 Å². The first-order valence-electron chi connectivity index (χ1n) is 6.85. The van der Waals surface area contributed by atoms with Gasteiger partial charge in [-0.3, -0.25) is 0 Å². The zero-order valence-corrected chi connectivity index (χ0v) is 13.4. The van der Waals surface area contributed by atoms with Crippen molar-refractivity contribution in [3.63, 3.8) is 0 Å². The van der Waals surface area contributed by atoms with Crippen LogP contribution in [-0.4, -0.2) is 25.8 Å². The fourth-order valence-electron chi connectivity index (χ4n) is 2.71. The van der Waals surface area contributed by atoms with Crippen molar-refractivity contribution in [2.45, 2.75) is 43.5 Å². The maximum absolute atomic E-state index is 12.6. The number of hydrogen-bond acceptors (Lipinski definition) is 3. The van der Waals surface area contributed by atoms with Crippen LogP contribution in [0.5, 0.6) is 0 Å². The average molecular weight is 317 g/mol. The number of nitrogen functional groups attached to an aromatic ring is 1. The highest BCUT2D eigenvalue weighted by Crippen LogP contribution is 2.31. The van der Waals surface area contributed by atoms with Gasteiger partial charge in [-0.05, 0) is 49.8 Å². The van der Waals surface area contributed by atoms with Gasteiger partial charge in [0, 0.05) is 18.1 Å². The van der Waals surface area contributed by atoms with Gasteiger partial charge in [-0.15, -0.1) is 0 Å². The van der Waals surface area contributed by atoms with Crippen molar-refractivity contribution in [2.75, 3.05) is 12.8 Å². The van der Waals surface area contributed by atoms with Crippen molar-refractivity contribution >= 4 is 27.3 Å². The minimum absolute atomic E-state index is 0.0614. The van der Waals surface area contributed by atoms with E-state index in [0.717, 1.165) is 25.7 Å². The summed E-state index contributed by atoms with van der Waals surface area (Å²) in [5, 5.41) is 0.440. The highest BCUT2D eigenvalue weighted by Gasteiger charge is 2.31. The van der Waals surface area contributed by atoms with Crippen LogP contribution in [0.2, 0.25) is 5.02 Å². The zero-order valence-electron chi connectivity index (χ0n) is 11.8. The van der Waals surface area contributed by atoms with E-state index in [1.165, 1.54) is 16.4 Å². The molecule has 0 amide bonds. The molecule has 1 aliphatic rings. The molecule has 0 atom stereocenters. The van der Waals surface area contributed by atoms with Gasteiger partial charge >= 0.3 is 0 Å². The average Bonchev–Trinajstić information content (AvgIpc) is 2.38. The summed E-state index contributed by atoms with van der Waals surface area (Å²) in [6.45, 7) is 2.21. The minimum Gasteiger partial charge on any atom is -0.398 e. The Labute approximate surface area is 126 Å². The van der Waals surface area contributed by atoms with E-state index in [4.69, 9.17) is 17.3 Å². The van der Waals surface area contributed by atoms with Crippen LogP contribution >= 0.6 is 11.6 Å². The van der Waals surface area contributed by atoms with E-state index >= 15 is 0 Å². The highest BCUT2D eigenvalue weighted by molar-refractivity contribution is 7.89. The number of hydrogen-bond donors (Lipinski definition) is 1. The van der Waals surface area contributed by atoms with Crippen LogP contribution in [0.3, 0.4) is 0 Å². The van der Waals surface area contributed by atoms with E-state index in [2.05, 4.69) is 6.92 Å². The van der Waals surface area contributed by atoms with Gasteiger partial charge in [-0.25, -0.2) is 8.42 Å². The monoisotopic (exact) mass is 316 g/mol. The number of nitrogens with two attached hydrogens (primary N) is 1. The SMILES string of the molecule is CC1CCC(N(C)S(=O)(=O)c2ccc(Cl)cc2N)CC1. The Kier molecular flexibility index (Phi) is 4.62. The van der Waals surface area contributed by atoms with E-state index in [1.807, 2.05) is 0 Å². The number of benzene rings is 1. The van der Waals surface area contributed by atoms with Gasteiger partial charge < -0.3 is 5.73 Å². The molecule has 0 aliphatic heterocycles. The fourth-order valence-corrected chi connectivity index (χ4v) is 4.40. The molecule has 6 heteroatoms. The number of nitrogens with zero attached hydrogens (tertiary/aromatic N) is 1. The summed E-state index contributed by atoms with van der Waals surface area (Å²) in [6.07, 6.45) is 3.95. The third kappa shape index (κ3) is 3.10. The largest absolute Gasteiger partial charge is 0.398 e. The molecule has 0 heterocycles. The predicted octanol–water partition coefficient (Wildman–Crippen LogP) is 3.12. The van der Waals surface area contributed by atoms with Crippen LogP contribution in [0.25, 0.3) is 0 Å². The quantitative estimate of drug-likeness (QED) is 0.871. The first kappa shape index (κ1) is 15.6. The van der Waals surface area contributed by atoms with Crippen molar-refractivity contribution < 1.29 is 8.42 Å². The van der Waals surface area contributed by atoms with E-state index in [0.29, 0.717) is 10.9 Å². The molecule has 0 bridgehead atoms. The first-order chi connectivity index (χ1) is 9.32. The van der Waals surface area contributed by atoms with Crippen molar-refractivity contribution in [1.82, 2.24) is 4.31 Å². The Morgan fingerprint density at radius 2 is 1.85 bits per heavy atom. The molecule has 0 spiro atoms. The van der Waals surface area contributed by atoms with Gasteiger partial charge in [0.15, 0.2) is 0 Å². The Morgan fingerprint density at radius 3 is 2.40 bits per heavy atom. The molecular weight excluding hydrogens is 296 g/mol. The predicted molar refractivity (Wildman–Crippen MR) is 82.2 cm³/mol. The fraction of sp³-hybridized carbons (Fsp3) is 0.571. The van der Waals surface area contributed by atoms with Gasteiger partial charge in [0.1, 0.15) is 4.90 Å². The molecule has 0 saturated heterocycles. The normalized spacial score (nSPS) is 24.0. The lowest BCUT2D eigenvalue weighted by Gasteiger charge is -2.33. The summed E-state index contributed by atoms with van der Waals surface area (Å²) in [4.78, 5) is 0.142. The Hall–Kier alpha value is -0.780. The van der Waals surface area contributed by atoms with Gasteiger partial charge in [-0.2, -0.15) is 4.31 Å². The number of rotatable bonds is 3. The lowest BCUT2D eigenvalue weighted by Crippen LogP contribution is -2.39. The maximum Gasteiger partial charge on any atom is 0.245 e. The minimum atomic E-state index is -3.55. The van der Waals surface area contributed by atoms with Gasteiger partial charge in [0.25, 0.3) is 0 Å². The van der Waals surface area contributed by atoms with E-state index in [9.17, 15) is 8.42 Å². The standard InChI is InChI=1S/C14H21ClN2O2S/c1-10-3-6-12(7-4-10)17(2)20(18,19)14-8-5-11(15)9-13(14)16/h5,8-10,12H,3-4,6-7,16H2,1-2H3. The molecule has 1 saturated carbocycles. The molecule has 0 unspecified atom stereocenters. The third-order valence-electron chi connectivity index (χ3n) is 4.13. The van der Waals surface area contributed by atoms with Crippen molar-refractivity contribution in [1.29, 1.82) is 0 Å². The molecule has 0 radical (unpaired) electrons. The van der Waals surface area contributed by atoms with Gasteiger partial charge in [0.2, 0.25) is 10.0 Å². The second kappa shape index (κ2) is 5.92. The molecule has 2 rings (SSSR count). The van der Waals surface area contributed by atoms with E-state index in [1.54, 1.807) is 13.1 Å². The van der Waals surface area contributed by atoms with Gasteiger partial charge in [-0.1, -0.05) is 18.5 Å². The van der Waals surface area contributed by atoms with E-state index in [-0.39, 0.29) is 16.6 Å². The summed E-state index contributed by atoms with van der Waals surface area (Å²) in [7, 11) is -1.91. The van der Waals surface area contributed by atoms with Crippen LogP contribution < -0.4 is 5.73 Å². The molecule has 1 fully saturated rings. The second-order valence-corrected chi connectivity index (χ2v) is 8.02. The molecule has 1 aromatic rings. The summed E-state index contributed by atoms with van der Waals surface area (Å²) in [5.41, 5.74) is 6.01. The zero-order chi connectivity index (χ0) is 14.9. The van der Waals surface area contributed by atoms with Crippen molar-refractivity contribution in [3.05, 3.63) is 23.2 Å². The molecule has 1 aromatic carbocycles. The highest BCUT2D eigenvalue weighted by atomic mass is 35.5. The van der Waals surface area contributed by atoms with Crippen LogP contribution in [0, 0.1) is 5.92 Å². The lowest BCUT2D eigenvalue weighted by atomic mass is 9.87. The molecule has 0 aromatic heterocycles. The lowest BCUT2D eigenvalue weighted by molar-refractivity contribution is 0.246. The molecule has 1 aliphatic carbocycles. The summed E-state index contributed by atoms with van der Waals surface area (Å²) in [6, 6.07) is 4.58.